The first-order chi connectivity index (χ1) is 37.6. The van der Waals surface area contributed by atoms with Gasteiger partial charge >= 0.3 is 0 Å². The van der Waals surface area contributed by atoms with E-state index in [0.717, 1.165) is 61.3 Å². The highest BCUT2D eigenvalue weighted by Gasteiger charge is 2.49. The maximum atomic E-state index is 6.99. The highest BCUT2D eigenvalue weighted by molar-refractivity contribution is 6.20. The van der Waals surface area contributed by atoms with Crippen LogP contribution in [0.15, 0.2) is 239 Å². The van der Waals surface area contributed by atoms with Crippen LogP contribution < -0.4 is 4.90 Å². The number of hydrogen-bond donors (Lipinski definition) is 0. The first kappa shape index (κ1) is 44.1. The fourth-order valence-corrected chi connectivity index (χ4v) is 14.4. The van der Waals surface area contributed by atoms with E-state index in [1.807, 2.05) is 0 Å². The van der Waals surface area contributed by atoms with Gasteiger partial charge in [-0.25, -0.2) is 0 Å². The van der Waals surface area contributed by atoms with Gasteiger partial charge in [0.15, 0.2) is 0 Å². The van der Waals surface area contributed by atoms with Crippen LogP contribution in [0.5, 0.6) is 0 Å². The van der Waals surface area contributed by atoms with Crippen LogP contribution in [0.4, 0.5) is 17.1 Å². The lowest BCUT2D eigenvalue weighted by Crippen LogP contribution is -2.29. The van der Waals surface area contributed by atoms with Crippen LogP contribution in [0.1, 0.15) is 77.8 Å². The van der Waals surface area contributed by atoms with Crippen LogP contribution in [0.2, 0.25) is 0 Å². The van der Waals surface area contributed by atoms with Crippen molar-refractivity contribution in [3.8, 4) is 44.5 Å². The molecule has 2 heterocycles. The Morgan fingerprint density at radius 1 is 0.338 bits per heavy atom. The van der Waals surface area contributed by atoms with Crippen molar-refractivity contribution in [3.05, 3.63) is 281 Å². The van der Waals surface area contributed by atoms with E-state index < -0.39 is 5.41 Å². The van der Waals surface area contributed by atoms with Gasteiger partial charge in [0, 0.05) is 55.0 Å². The molecule has 0 fully saturated rings. The summed E-state index contributed by atoms with van der Waals surface area (Å²) < 4.78 is 13.5. The van der Waals surface area contributed by atoms with Gasteiger partial charge < -0.3 is 13.7 Å². The number of benzene rings is 11. The fraction of sp³-hybridized carbons (Fsp3) is 0.108. The van der Waals surface area contributed by atoms with Crippen LogP contribution in [0, 0.1) is 6.92 Å². The van der Waals surface area contributed by atoms with E-state index in [0.29, 0.717) is 0 Å². The molecule has 77 heavy (non-hydrogen) atoms. The van der Waals surface area contributed by atoms with Gasteiger partial charge in [-0.05, 0) is 163 Å². The Morgan fingerprint density at radius 2 is 0.844 bits per heavy atom. The summed E-state index contributed by atoms with van der Waals surface area (Å²) >= 11 is 0. The molecule has 2 aromatic heterocycles. The summed E-state index contributed by atoms with van der Waals surface area (Å²) in [6.45, 7) is 11.8. The Bertz CT molecular complexity index is 4570. The van der Waals surface area contributed by atoms with Gasteiger partial charge in [-0.2, -0.15) is 0 Å². The Balaban J connectivity index is 0.925. The quantitative estimate of drug-likeness (QED) is 0.166. The zero-order valence-corrected chi connectivity index (χ0v) is 43.7. The van der Waals surface area contributed by atoms with Crippen molar-refractivity contribution in [2.24, 2.45) is 0 Å². The molecule has 0 spiro atoms. The monoisotopic (exact) mass is 987 g/mol. The summed E-state index contributed by atoms with van der Waals surface area (Å²) in [5, 5.41) is 4.66. The molecule has 0 N–H and O–H groups in total. The predicted molar refractivity (Wildman–Crippen MR) is 318 cm³/mol. The maximum Gasteiger partial charge on any atom is 0.143 e. The summed E-state index contributed by atoms with van der Waals surface area (Å²) in [4.78, 5) is 2.49. The van der Waals surface area contributed by atoms with Crippen molar-refractivity contribution in [2.75, 3.05) is 4.90 Å². The highest BCUT2D eigenvalue weighted by Crippen LogP contribution is 2.62. The molecule has 0 radical (unpaired) electrons. The van der Waals surface area contributed by atoms with E-state index in [4.69, 9.17) is 8.83 Å². The third-order valence-corrected chi connectivity index (χ3v) is 18.0. The van der Waals surface area contributed by atoms with Crippen LogP contribution >= 0.6 is 0 Å². The molecule has 13 aromatic rings. The van der Waals surface area contributed by atoms with Crippen LogP contribution in [0.25, 0.3) is 88.4 Å². The van der Waals surface area contributed by atoms with E-state index in [2.05, 4.69) is 270 Å². The molecule has 11 aromatic carbocycles. The topological polar surface area (TPSA) is 29.5 Å². The SMILES string of the molecule is Cc1ccc(N(c2ccc3c(c2)C(C)(C)c2cc4c(cc2-3)C(C)(C)c2ccc3oc5ccccc5c3c2-4)c2ccc3c(c2)C(c2ccccc2)(c2ccccc2)c2cc(-c4ccccc4)c4oc5ccccc5c4c2-3)cc1. The van der Waals surface area contributed by atoms with Crippen molar-refractivity contribution >= 4 is 60.9 Å². The minimum atomic E-state index is -0.694. The van der Waals surface area contributed by atoms with Crippen molar-refractivity contribution in [2.45, 2.75) is 50.9 Å². The first-order valence-corrected chi connectivity index (χ1v) is 27.1. The molecule has 366 valence electrons. The van der Waals surface area contributed by atoms with Crippen molar-refractivity contribution < 1.29 is 8.83 Å². The van der Waals surface area contributed by atoms with Crippen molar-refractivity contribution in [3.63, 3.8) is 0 Å². The lowest BCUT2D eigenvalue weighted by molar-refractivity contribution is 0.651. The smallest absolute Gasteiger partial charge is 0.143 e. The molecule has 0 unspecified atom stereocenters. The lowest BCUT2D eigenvalue weighted by Gasteiger charge is -2.35. The van der Waals surface area contributed by atoms with E-state index in [9.17, 15) is 0 Å². The standard InChI is InChI=1S/C74H53NO2/c1-44-29-31-48(32-30-44)75(49-33-35-51-56-42-61-57(43-60(56)73(4,5)59(51)39-49)68-58(72(61,2)3)37-38-66-69(68)53-25-15-17-27-64(53)76-66)50-34-36-52-62(40-50)74(46-21-11-7-12-22-46,47-23-13-8-14-24-47)63-41-55(45-19-9-6-10-20-45)71-70(67(52)63)54-26-16-18-28-65(54)77-71/h6-43H,1-5H3. The number of aryl methyl sites for hydroxylation is 1. The molecular weight excluding hydrogens is 935 g/mol. The number of rotatable bonds is 6. The molecule has 0 atom stereocenters. The normalized spacial score (nSPS) is 14.9. The second kappa shape index (κ2) is 15.7. The molecule has 16 rings (SSSR count). The van der Waals surface area contributed by atoms with E-state index in [1.165, 1.54) is 94.2 Å². The molecule has 3 aliphatic carbocycles. The predicted octanol–water partition coefficient (Wildman–Crippen LogP) is 19.9. The van der Waals surface area contributed by atoms with Crippen molar-refractivity contribution in [1.82, 2.24) is 0 Å². The van der Waals surface area contributed by atoms with Crippen molar-refractivity contribution in [1.29, 1.82) is 0 Å². The Morgan fingerprint density at radius 3 is 1.53 bits per heavy atom. The average molecular weight is 988 g/mol. The number of para-hydroxylation sites is 2. The summed E-state index contributed by atoms with van der Waals surface area (Å²) in [5.41, 5.74) is 27.3. The van der Waals surface area contributed by atoms with Crippen LogP contribution in [-0.2, 0) is 16.2 Å². The summed E-state index contributed by atoms with van der Waals surface area (Å²) in [5.74, 6) is 0. The molecule has 0 amide bonds. The van der Waals surface area contributed by atoms with Gasteiger partial charge in [0.1, 0.15) is 22.3 Å². The Kier molecular flexibility index (Phi) is 9.00. The molecule has 0 saturated carbocycles. The van der Waals surface area contributed by atoms with Gasteiger partial charge in [-0.15, -0.1) is 0 Å². The zero-order chi connectivity index (χ0) is 51.5. The Hall–Kier alpha value is -9.18. The van der Waals surface area contributed by atoms with E-state index in [1.54, 1.807) is 0 Å². The molecule has 3 nitrogen and oxygen atoms in total. The Labute approximate surface area is 448 Å². The second-order valence-corrected chi connectivity index (χ2v) is 22.8. The maximum absolute atomic E-state index is 6.99. The van der Waals surface area contributed by atoms with Crippen LogP contribution in [0.3, 0.4) is 0 Å². The second-order valence-electron chi connectivity index (χ2n) is 22.8. The van der Waals surface area contributed by atoms with Gasteiger partial charge in [0.2, 0.25) is 0 Å². The molecule has 0 saturated heterocycles. The average Bonchev–Trinajstić information content (AvgIpc) is 4.41. The number of nitrogens with zero attached hydrogens (tertiary/aromatic N) is 1. The number of anilines is 3. The number of fused-ring (bicyclic) bond motifs is 17. The number of hydrogen-bond acceptors (Lipinski definition) is 3. The summed E-state index contributed by atoms with van der Waals surface area (Å²) in [6.07, 6.45) is 0. The van der Waals surface area contributed by atoms with Gasteiger partial charge in [0.05, 0.1) is 5.41 Å². The summed E-state index contributed by atoms with van der Waals surface area (Å²) in [6, 6.07) is 85.7. The van der Waals surface area contributed by atoms with Gasteiger partial charge in [-0.1, -0.05) is 191 Å². The van der Waals surface area contributed by atoms with Crippen LogP contribution in [-0.4, -0.2) is 0 Å². The molecule has 3 heteroatoms. The zero-order valence-electron chi connectivity index (χ0n) is 43.7. The first-order valence-electron chi connectivity index (χ1n) is 27.1. The van der Waals surface area contributed by atoms with E-state index >= 15 is 0 Å². The van der Waals surface area contributed by atoms with Gasteiger partial charge in [-0.3, -0.25) is 0 Å². The third kappa shape index (κ3) is 5.92. The summed E-state index contributed by atoms with van der Waals surface area (Å²) in [7, 11) is 0. The molecule has 0 aliphatic heterocycles. The number of furan rings is 2. The minimum Gasteiger partial charge on any atom is -0.456 e. The molecule has 3 aliphatic rings. The van der Waals surface area contributed by atoms with E-state index in [-0.39, 0.29) is 10.8 Å². The fourth-order valence-electron chi connectivity index (χ4n) is 14.4. The molecular formula is C74H53NO2. The lowest BCUT2D eigenvalue weighted by atomic mass is 9.67. The van der Waals surface area contributed by atoms with Gasteiger partial charge in [0.25, 0.3) is 0 Å². The molecule has 0 bridgehead atoms. The minimum absolute atomic E-state index is 0.192. The highest BCUT2D eigenvalue weighted by atomic mass is 16.3. The third-order valence-electron chi connectivity index (χ3n) is 18.0. The largest absolute Gasteiger partial charge is 0.456 e.